The number of carbonyl (C=O) groups is 2. The lowest BCUT2D eigenvalue weighted by Crippen LogP contribution is -2.50. The molecule has 1 N–H and O–H groups in total. The second-order valence-corrected chi connectivity index (χ2v) is 6.36. The number of rotatable bonds is 7. The third kappa shape index (κ3) is 5.24. The van der Waals surface area contributed by atoms with E-state index >= 15 is 0 Å². The van der Waals surface area contributed by atoms with Gasteiger partial charge >= 0.3 is 0 Å². The van der Waals surface area contributed by atoms with Gasteiger partial charge in [0.25, 0.3) is 0 Å². The summed E-state index contributed by atoms with van der Waals surface area (Å²) in [6.07, 6.45) is 1.50. The Bertz CT molecular complexity index is 723. The molecule has 0 saturated carbocycles. The van der Waals surface area contributed by atoms with Crippen LogP contribution in [0.25, 0.3) is 0 Å². The number of nitrogens with one attached hydrogen (secondary N) is 1. The lowest BCUT2D eigenvalue weighted by Gasteiger charge is -2.33. The van der Waals surface area contributed by atoms with E-state index in [9.17, 15) is 14.0 Å². The zero-order valence-corrected chi connectivity index (χ0v) is 14.5. The van der Waals surface area contributed by atoms with Crippen molar-refractivity contribution in [2.45, 2.75) is 6.54 Å². The summed E-state index contributed by atoms with van der Waals surface area (Å²) in [6.45, 7) is 3.97. The first-order chi connectivity index (χ1) is 12.6. The van der Waals surface area contributed by atoms with Crippen LogP contribution in [0.15, 0.2) is 47.1 Å². The molecule has 1 aromatic carbocycles. The van der Waals surface area contributed by atoms with Crippen molar-refractivity contribution in [3.8, 4) is 0 Å². The summed E-state index contributed by atoms with van der Waals surface area (Å²) in [5.74, 6) is 0.00556. The third-order valence-electron chi connectivity index (χ3n) is 4.40. The molecule has 0 atom stereocenters. The van der Waals surface area contributed by atoms with Crippen LogP contribution in [0.2, 0.25) is 0 Å². The molecule has 1 fully saturated rings. The van der Waals surface area contributed by atoms with Crippen molar-refractivity contribution >= 4 is 11.7 Å². The van der Waals surface area contributed by atoms with Crippen LogP contribution < -0.4 is 5.32 Å². The average molecular weight is 359 g/mol. The normalized spacial score (nSPS) is 15.7. The minimum Gasteiger partial charge on any atom is -0.461 e. The largest absolute Gasteiger partial charge is 0.461 e. The Labute approximate surface area is 151 Å². The molecule has 6 nitrogen and oxygen atoms in total. The highest BCUT2D eigenvalue weighted by molar-refractivity contribution is 5.95. The van der Waals surface area contributed by atoms with Gasteiger partial charge in [0, 0.05) is 32.7 Å². The van der Waals surface area contributed by atoms with Gasteiger partial charge in [0.2, 0.25) is 11.7 Å². The highest BCUT2D eigenvalue weighted by atomic mass is 19.1. The van der Waals surface area contributed by atoms with Gasteiger partial charge in [0.15, 0.2) is 5.76 Å². The van der Waals surface area contributed by atoms with Gasteiger partial charge in [-0.2, -0.15) is 0 Å². The van der Waals surface area contributed by atoms with Crippen LogP contribution in [0.1, 0.15) is 16.1 Å². The smallest absolute Gasteiger partial charge is 0.234 e. The minimum atomic E-state index is -0.288. The number of nitrogens with zero attached hydrogens (tertiary/aromatic N) is 2. The van der Waals surface area contributed by atoms with E-state index in [4.69, 9.17) is 4.42 Å². The minimum absolute atomic E-state index is 0.0273. The third-order valence-corrected chi connectivity index (χ3v) is 4.40. The van der Waals surface area contributed by atoms with Gasteiger partial charge in [-0.3, -0.25) is 19.4 Å². The summed E-state index contributed by atoms with van der Waals surface area (Å²) in [6, 6.07) is 9.45. The second-order valence-electron chi connectivity index (χ2n) is 6.36. The van der Waals surface area contributed by atoms with Crippen LogP contribution >= 0.6 is 0 Å². The molecule has 2 aromatic rings. The van der Waals surface area contributed by atoms with E-state index in [1.165, 1.54) is 18.4 Å². The van der Waals surface area contributed by atoms with Gasteiger partial charge in [-0.25, -0.2) is 4.39 Å². The summed E-state index contributed by atoms with van der Waals surface area (Å²) >= 11 is 0. The summed E-state index contributed by atoms with van der Waals surface area (Å²) < 4.78 is 18.0. The number of furan rings is 1. The van der Waals surface area contributed by atoms with Gasteiger partial charge in [-0.05, 0) is 29.8 Å². The lowest BCUT2D eigenvalue weighted by molar-refractivity contribution is -0.122. The number of hydrogen-bond donors (Lipinski definition) is 1. The highest BCUT2D eigenvalue weighted by Crippen LogP contribution is 2.07. The number of piperazine rings is 1. The molecule has 0 spiro atoms. The summed E-state index contributed by atoms with van der Waals surface area (Å²) in [7, 11) is 0. The molecule has 3 rings (SSSR count). The molecular formula is C19H22FN3O3. The van der Waals surface area contributed by atoms with Gasteiger partial charge < -0.3 is 9.73 Å². The standard InChI is InChI=1S/C19H22FN3O3/c20-16-5-3-15(4-6-16)12-21-19(25)14-23-9-7-22(8-10-23)13-17(24)18-2-1-11-26-18/h1-6,11H,7-10,12-14H2,(H,21,25). The Kier molecular flexibility index (Phi) is 6.14. The number of ketones is 1. The molecule has 0 aliphatic carbocycles. The zero-order valence-electron chi connectivity index (χ0n) is 14.5. The molecule has 0 unspecified atom stereocenters. The molecule has 0 bridgehead atoms. The second kappa shape index (κ2) is 8.73. The number of hydrogen-bond acceptors (Lipinski definition) is 5. The molecular weight excluding hydrogens is 337 g/mol. The van der Waals surface area contributed by atoms with Gasteiger partial charge in [0.05, 0.1) is 19.4 Å². The Morgan fingerprint density at radius 1 is 1.00 bits per heavy atom. The van der Waals surface area contributed by atoms with Crippen LogP contribution in [-0.4, -0.2) is 60.8 Å². The van der Waals surface area contributed by atoms with E-state index in [1.54, 1.807) is 24.3 Å². The van der Waals surface area contributed by atoms with Gasteiger partial charge in [-0.1, -0.05) is 12.1 Å². The fourth-order valence-electron chi connectivity index (χ4n) is 2.89. The molecule has 1 aromatic heterocycles. The zero-order chi connectivity index (χ0) is 18.4. The first kappa shape index (κ1) is 18.3. The topological polar surface area (TPSA) is 65.8 Å². The maximum absolute atomic E-state index is 12.9. The van der Waals surface area contributed by atoms with Crippen molar-refractivity contribution < 1.29 is 18.4 Å². The van der Waals surface area contributed by atoms with Crippen LogP contribution in [-0.2, 0) is 11.3 Å². The predicted molar refractivity (Wildman–Crippen MR) is 94.2 cm³/mol. The van der Waals surface area contributed by atoms with Crippen molar-refractivity contribution in [1.82, 2.24) is 15.1 Å². The fraction of sp³-hybridized carbons (Fsp3) is 0.368. The first-order valence-corrected chi connectivity index (χ1v) is 8.63. The predicted octanol–water partition coefficient (Wildman–Crippen LogP) is 1.54. The molecule has 7 heteroatoms. The highest BCUT2D eigenvalue weighted by Gasteiger charge is 2.21. The molecule has 1 amide bonds. The fourth-order valence-corrected chi connectivity index (χ4v) is 2.89. The maximum atomic E-state index is 12.9. The molecule has 1 aliphatic rings. The van der Waals surface area contributed by atoms with Crippen LogP contribution in [0.5, 0.6) is 0 Å². The van der Waals surface area contributed by atoms with E-state index in [0.29, 0.717) is 25.4 Å². The monoisotopic (exact) mass is 359 g/mol. The van der Waals surface area contributed by atoms with Gasteiger partial charge in [-0.15, -0.1) is 0 Å². The Hall–Kier alpha value is -2.51. The van der Waals surface area contributed by atoms with E-state index in [0.717, 1.165) is 31.7 Å². The molecule has 138 valence electrons. The van der Waals surface area contributed by atoms with Crippen LogP contribution in [0.3, 0.4) is 0 Å². The molecule has 1 aliphatic heterocycles. The number of halogens is 1. The Morgan fingerprint density at radius 2 is 1.65 bits per heavy atom. The van der Waals surface area contributed by atoms with Crippen molar-refractivity contribution in [1.29, 1.82) is 0 Å². The van der Waals surface area contributed by atoms with E-state index in [1.807, 2.05) is 0 Å². The van der Waals surface area contributed by atoms with Gasteiger partial charge in [0.1, 0.15) is 5.82 Å². The number of Topliss-reactive ketones (excluding diaryl/α,β-unsaturated/α-hetero) is 1. The van der Waals surface area contributed by atoms with E-state index in [-0.39, 0.29) is 17.5 Å². The van der Waals surface area contributed by atoms with E-state index < -0.39 is 0 Å². The SMILES string of the molecule is O=C(CN1CCN(CC(=O)c2ccco2)CC1)NCc1ccc(F)cc1. The quantitative estimate of drug-likeness (QED) is 0.760. The van der Waals surface area contributed by atoms with Crippen LogP contribution in [0.4, 0.5) is 4.39 Å². The Balaban J connectivity index is 1.36. The molecule has 26 heavy (non-hydrogen) atoms. The number of benzene rings is 1. The maximum Gasteiger partial charge on any atom is 0.234 e. The summed E-state index contributed by atoms with van der Waals surface area (Å²) in [5.41, 5.74) is 0.862. The number of carbonyl (C=O) groups excluding carboxylic acids is 2. The summed E-state index contributed by atoms with van der Waals surface area (Å²) in [4.78, 5) is 28.2. The molecule has 0 radical (unpaired) electrons. The van der Waals surface area contributed by atoms with Crippen molar-refractivity contribution in [2.24, 2.45) is 0 Å². The molecule has 2 heterocycles. The van der Waals surface area contributed by atoms with Crippen molar-refractivity contribution in [3.05, 3.63) is 59.8 Å². The average Bonchev–Trinajstić information content (AvgIpc) is 3.18. The van der Waals surface area contributed by atoms with Crippen molar-refractivity contribution in [2.75, 3.05) is 39.3 Å². The van der Waals surface area contributed by atoms with Crippen LogP contribution in [0, 0.1) is 5.82 Å². The van der Waals surface area contributed by atoms with Crippen molar-refractivity contribution in [3.63, 3.8) is 0 Å². The van der Waals surface area contributed by atoms with E-state index in [2.05, 4.69) is 15.1 Å². The number of amides is 1. The molecule has 1 saturated heterocycles. The Morgan fingerprint density at radius 3 is 2.27 bits per heavy atom. The lowest BCUT2D eigenvalue weighted by atomic mass is 10.2. The first-order valence-electron chi connectivity index (χ1n) is 8.63. The summed E-state index contributed by atoms with van der Waals surface area (Å²) in [5, 5.41) is 2.84.